The Kier molecular flexibility index (Phi) is 8.33. The third-order valence-electron chi connectivity index (χ3n) is 4.15. The molecule has 0 saturated carbocycles. The van der Waals surface area contributed by atoms with Crippen LogP contribution in [0.25, 0.3) is 5.69 Å². The van der Waals surface area contributed by atoms with Gasteiger partial charge in [-0.1, -0.05) is 25.4 Å². The molecule has 0 fully saturated rings. The molecule has 6 nitrogen and oxygen atoms in total. The molecule has 1 aromatic carbocycles. The van der Waals surface area contributed by atoms with Crippen LogP contribution >= 0.6 is 11.6 Å². The van der Waals surface area contributed by atoms with Gasteiger partial charge in [-0.05, 0) is 37.5 Å². The lowest BCUT2D eigenvalue weighted by atomic mass is 10.2. The second-order valence-corrected chi connectivity index (χ2v) is 6.83. The quantitative estimate of drug-likeness (QED) is 0.658. The van der Waals surface area contributed by atoms with Crippen LogP contribution in [0.3, 0.4) is 0 Å². The van der Waals surface area contributed by atoms with E-state index in [4.69, 9.17) is 11.6 Å². The summed E-state index contributed by atoms with van der Waals surface area (Å²) in [6.45, 7) is 5.68. The molecule has 0 atom stereocenters. The number of carbonyl (C=O) groups is 2. The fraction of sp³-hybridized carbons (Fsp3) is 0.450. The normalized spacial score (nSPS) is 10.6. The van der Waals surface area contributed by atoms with E-state index in [9.17, 15) is 9.59 Å². The van der Waals surface area contributed by atoms with Crippen LogP contribution in [0.4, 0.5) is 5.69 Å². The topological polar surface area (TPSA) is 67.2 Å². The highest BCUT2D eigenvalue weighted by atomic mass is 35.5. The second kappa shape index (κ2) is 10.7. The molecule has 2 amide bonds. The Labute approximate surface area is 165 Å². The number of hydrogen-bond donors (Lipinski definition) is 1. The Morgan fingerprint density at radius 3 is 2.52 bits per heavy atom. The summed E-state index contributed by atoms with van der Waals surface area (Å²) in [5, 5.41) is 3.36. The lowest BCUT2D eigenvalue weighted by molar-refractivity contribution is -0.131. The van der Waals surface area contributed by atoms with Crippen molar-refractivity contribution < 1.29 is 9.59 Å². The third kappa shape index (κ3) is 6.40. The molecule has 0 aliphatic rings. The van der Waals surface area contributed by atoms with E-state index in [2.05, 4.69) is 24.1 Å². The number of aromatic nitrogens is 2. The van der Waals surface area contributed by atoms with Crippen LogP contribution in [-0.2, 0) is 9.59 Å². The Balaban J connectivity index is 1.82. The number of amides is 2. The average Bonchev–Trinajstić information content (AvgIpc) is 3.16. The zero-order valence-electron chi connectivity index (χ0n) is 15.9. The van der Waals surface area contributed by atoms with E-state index in [-0.39, 0.29) is 11.8 Å². The van der Waals surface area contributed by atoms with Crippen LogP contribution in [0.5, 0.6) is 0 Å². The number of benzene rings is 1. The minimum Gasteiger partial charge on any atom is -0.343 e. The summed E-state index contributed by atoms with van der Waals surface area (Å²) in [6, 6.07) is 5.34. The number of nitrogens with zero attached hydrogens (tertiary/aromatic N) is 3. The molecule has 1 heterocycles. The van der Waals surface area contributed by atoms with Crippen molar-refractivity contribution in [3.63, 3.8) is 0 Å². The van der Waals surface area contributed by atoms with Crippen molar-refractivity contribution in [2.45, 2.75) is 46.0 Å². The van der Waals surface area contributed by atoms with Crippen LogP contribution in [0.15, 0.2) is 36.9 Å². The van der Waals surface area contributed by atoms with Gasteiger partial charge in [-0.15, -0.1) is 0 Å². The van der Waals surface area contributed by atoms with Crippen LogP contribution < -0.4 is 5.32 Å². The number of nitrogens with one attached hydrogen (secondary N) is 1. The maximum Gasteiger partial charge on any atom is 0.224 e. The van der Waals surface area contributed by atoms with Gasteiger partial charge in [0.15, 0.2) is 0 Å². The number of halogens is 1. The summed E-state index contributed by atoms with van der Waals surface area (Å²) in [4.78, 5) is 30.3. The van der Waals surface area contributed by atoms with Gasteiger partial charge in [-0.25, -0.2) is 4.98 Å². The third-order valence-corrected chi connectivity index (χ3v) is 4.45. The minimum absolute atomic E-state index is 0.119. The highest BCUT2D eigenvalue weighted by molar-refractivity contribution is 6.32. The molecular formula is C20H27ClN4O2. The minimum atomic E-state index is -0.119. The van der Waals surface area contributed by atoms with Crippen molar-refractivity contribution in [3.8, 4) is 5.69 Å². The smallest absolute Gasteiger partial charge is 0.224 e. The molecule has 0 radical (unpaired) electrons. The first-order chi connectivity index (χ1) is 13.0. The van der Waals surface area contributed by atoms with Crippen LogP contribution in [0, 0.1) is 0 Å². The van der Waals surface area contributed by atoms with Gasteiger partial charge < -0.3 is 14.8 Å². The summed E-state index contributed by atoms with van der Waals surface area (Å²) in [5.41, 5.74) is 1.43. The van der Waals surface area contributed by atoms with Gasteiger partial charge in [0, 0.05) is 44.0 Å². The average molecular weight is 391 g/mol. The van der Waals surface area contributed by atoms with Gasteiger partial charge in [0.05, 0.1) is 17.0 Å². The standard InChI is InChI=1S/C20H27ClN4O2/c1-3-11-24(12-4-2)20(27)7-5-6-19(26)23-16-8-9-18(17(21)14-16)25-13-10-22-15-25/h8-10,13-15H,3-7,11-12H2,1-2H3,(H,23,26). The van der Waals surface area contributed by atoms with Crippen LogP contribution in [0.2, 0.25) is 5.02 Å². The number of anilines is 1. The lowest BCUT2D eigenvalue weighted by Crippen LogP contribution is -2.32. The molecule has 0 aliphatic carbocycles. The van der Waals surface area contributed by atoms with E-state index < -0.39 is 0 Å². The molecular weight excluding hydrogens is 364 g/mol. The summed E-state index contributed by atoms with van der Waals surface area (Å²) < 4.78 is 1.80. The van der Waals surface area contributed by atoms with Gasteiger partial charge in [0.1, 0.15) is 0 Å². The van der Waals surface area contributed by atoms with E-state index in [1.807, 2.05) is 11.0 Å². The Hall–Kier alpha value is -2.34. The molecule has 0 spiro atoms. The molecule has 0 saturated heterocycles. The number of hydrogen-bond acceptors (Lipinski definition) is 3. The Morgan fingerprint density at radius 2 is 1.93 bits per heavy atom. The highest BCUT2D eigenvalue weighted by Gasteiger charge is 2.13. The molecule has 2 aromatic rings. The van der Waals surface area contributed by atoms with Gasteiger partial charge in [-0.2, -0.15) is 0 Å². The summed E-state index contributed by atoms with van der Waals surface area (Å²) in [6.07, 6.45) is 8.27. The lowest BCUT2D eigenvalue weighted by Gasteiger charge is -2.21. The predicted octanol–water partition coefficient (Wildman–Crippen LogP) is 4.28. The molecule has 146 valence electrons. The molecule has 27 heavy (non-hydrogen) atoms. The SMILES string of the molecule is CCCN(CCC)C(=O)CCCC(=O)Nc1ccc(-n2ccnc2)c(Cl)c1. The summed E-state index contributed by atoms with van der Waals surface area (Å²) >= 11 is 6.29. The monoisotopic (exact) mass is 390 g/mol. The number of imidazole rings is 1. The largest absolute Gasteiger partial charge is 0.343 e. The first-order valence-corrected chi connectivity index (χ1v) is 9.78. The van der Waals surface area contributed by atoms with Crippen molar-refractivity contribution in [2.75, 3.05) is 18.4 Å². The fourth-order valence-corrected chi connectivity index (χ4v) is 3.16. The predicted molar refractivity (Wildman–Crippen MR) is 108 cm³/mol. The van der Waals surface area contributed by atoms with E-state index in [1.54, 1.807) is 35.4 Å². The van der Waals surface area contributed by atoms with E-state index in [1.165, 1.54) is 0 Å². The van der Waals surface area contributed by atoms with Crippen molar-refractivity contribution in [1.29, 1.82) is 0 Å². The van der Waals surface area contributed by atoms with Crippen LogP contribution in [-0.4, -0.2) is 39.4 Å². The van der Waals surface area contributed by atoms with Gasteiger partial charge in [-0.3, -0.25) is 9.59 Å². The van der Waals surface area contributed by atoms with E-state index in [0.717, 1.165) is 31.6 Å². The van der Waals surface area contributed by atoms with Crippen molar-refractivity contribution in [3.05, 3.63) is 41.9 Å². The Bertz CT molecular complexity index is 740. The van der Waals surface area contributed by atoms with Crippen molar-refractivity contribution >= 4 is 29.1 Å². The maximum atomic E-state index is 12.2. The number of carbonyl (C=O) groups excluding carboxylic acids is 2. The van der Waals surface area contributed by atoms with Gasteiger partial charge >= 0.3 is 0 Å². The fourth-order valence-electron chi connectivity index (χ4n) is 2.88. The first-order valence-electron chi connectivity index (χ1n) is 9.40. The zero-order valence-corrected chi connectivity index (χ0v) is 16.7. The zero-order chi connectivity index (χ0) is 19.6. The molecule has 1 aromatic heterocycles. The maximum absolute atomic E-state index is 12.2. The Morgan fingerprint density at radius 1 is 1.19 bits per heavy atom. The highest BCUT2D eigenvalue weighted by Crippen LogP contribution is 2.24. The van der Waals surface area contributed by atoms with Gasteiger partial charge in [0.25, 0.3) is 0 Å². The molecule has 2 rings (SSSR count). The van der Waals surface area contributed by atoms with Crippen molar-refractivity contribution in [1.82, 2.24) is 14.5 Å². The molecule has 0 unspecified atom stereocenters. The first kappa shape index (κ1) is 21.0. The molecule has 0 aliphatic heterocycles. The summed E-state index contributed by atoms with van der Waals surface area (Å²) in [7, 11) is 0. The van der Waals surface area contributed by atoms with E-state index >= 15 is 0 Å². The van der Waals surface area contributed by atoms with Crippen molar-refractivity contribution in [2.24, 2.45) is 0 Å². The van der Waals surface area contributed by atoms with Gasteiger partial charge in [0.2, 0.25) is 11.8 Å². The molecule has 0 bridgehead atoms. The molecule has 1 N–H and O–H groups in total. The summed E-state index contributed by atoms with van der Waals surface area (Å²) in [5.74, 6) is 0.00556. The number of rotatable bonds is 10. The van der Waals surface area contributed by atoms with Crippen LogP contribution in [0.1, 0.15) is 46.0 Å². The second-order valence-electron chi connectivity index (χ2n) is 6.42. The molecule has 7 heteroatoms. The van der Waals surface area contributed by atoms with E-state index in [0.29, 0.717) is 30.0 Å².